The normalized spacial score (nSPS) is 24.6. The fraction of sp³-hybridized carbons (Fsp3) is 0.479. The molecule has 5 fully saturated rings. The minimum atomic E-state index is -5.63. The van der Waals surface area contributed by atoms with Crippen LogP contribution in [0.1, 0.15) is 66.8 Å². The molecule has 18 heteroatoms. The highest BCUT2D eigenvalue weighted by Crippen LogP contribution is 2.67. The number of likely N-dealkylation sites (tertiary alicyclic amines) is 1. The molecule has 5 aliphatic rings. The van der Waals surface area contributed by atoms with Gasteiger partial charge in [0.25, 0.3) is 5.91 Å². The largest absolute Gasteiger partial charge is 0.461 e. The SMILES string of the molecule is CC(C)OC(=O)[C@H](Cc1ccccc1)OP(=O)(Oc1ccccc1)C(F)(F)c1ccc2sc(C(=O)N[C@H]3C[C@@H]4C[C@@H]4C[C@H]4CC[C@@H](C(=O)N5CC(C(=O)N6CCOCC6)C5)N4C3=O)cc2c1. The van der Waals surface area contributed by atoms with Crippen molar-refractivity contribution >= 4 is 58.6 Å². The van der Waals surface area contributed by atoms with Gasteiger partial charge >= 0.3 is 19.2 Å². The molecular weight excluding hydrogens is 894 g/mol. The predicted molar refractivity (Wildman–Crippen MR) is 240 cm³/mol. The molecule has 4 aromatic rings. The smallest absolute Gasteiger partial charge is 0.454 e. The fourth-order valence-corrected chi connectivity index (χ4v) is 12.2. The highest BCUT2D eigenvalue weighted by molar-refractivity contribution is 7.55. The summed E-state index contributed by atoms with van der Waals surface area (Å²) < 4.78 is 71.3. The van der Waals surface area contributed by atoms with E-state index in [1.54, 1.807) is 64.9 Å². The van der Waals surface area contributed by atoms with Crippen LogP contribution in [0.15, 0.2) is 84.9 Å². The van der Waals surface area contributed by atoms with Gasteiger partial charge in [0.05, 0.1) is 30.1 Å². The Morgan fingerprint density at radius 1 is 0.879 bits per heavy atom. The van der Waals surface area contributed by atoms with Crippen molar-refractivity contribution in [1.29, 1.82) is 0 Å². The van der Waals surface area contributed by atoms with Crippen molar-refractivity contribution in [2.75, 3.05) is 39.4 Å². The standard InChI is InChI=1S/C48H53F2N4O10PS/c1-29(2)62-47(59)40(21-30-9-5-3-6-10-30)64-65(60,63-37-11-7-4-8-12-37)48(49,50)35-13-16-41-33(23-35)26-42(66-41)43(55)51-38-25-32-22-31(32)24-36-14-15-39(54(36)45(38)57)46(58)53-27-34(28-53)44(56)52-17-19-61-20-18-52/h3-13,16,23,26,29,31-32,34,36,38-40H,14-15,17-22,24-25,27-28H2,1-2H3,(H,51,55)/t31-,32+,36-,38+,39+,40+,65?/m1/s1. The van der Waals surface area contributed by atoms with Crippen LogP contribution in [0.2, 0.25) is 0 Å². The number of ether oxygens (including phenoxy) is 2. The molecule has 4 aliphatic heterocycles. The van der Waals surface area contributed by atoms with Crippen molar-refractivity contribution in [3.63, 3.8) is 0 Å². The van der Waals surface area contributed by atoms with Crippen molar-refractivity contribution in [1.82, 2.24) is 20.0 Å². The number of nitrogens with one attached hydrogen (secondary N) is 1. The molecule has 14 nitrogen and oxygen atoms in total. The van der Waals surface area contributed by atoms with Gasteiger partial charge in [0.1, 0.15) is 17.8 Å². The number of hydrogen-bond acceptors (Lipinski definition) is 11. The quantitative estimate of drug-likeness (QED) is 0.103. The van der Waals surface area contributed by atoms with E-state index < -0.39 is 55.0 Å². The monoisotopic (exact) mass is 946 g/mol. The van der Waals surface area contributed by atoms with Crippen molar-refractivity contribution in [2.45, 2.75) is 88.4 Å². The summed E-state index contributed by atoms with van der Waals surface area (Å²) >= 11 is 1.05. The summed E-state index contributed by atoms with van der Waals surface area (Å²) in [5.74, 6) is -1.88. The molecule has 0 bridgehead atoms. The minimum Gasteiger partial charge on any atom is -0.461 e. The first-order valence-corrected chi connectivity index (χ1v) is 25.0. The Kier molecular flexibility index (Phi) is 13.1. The van der Waals surface area contributed by atoms with Gasteiger partial charge in [0.2, 0.25) is 17.7 Å². The highest BCUT2D eigenvalue weighted by atomic mass is 32.1. The number of rotatable bonds is 14. The van der Waals surface area contributed by atoms with Crippen molar-refractivity contribution in [2.24, 2.45) is 17.8 Å². The molecule has 350 valence electrons. The molecule has 1 unspecified atom stereocenters. The summed E-state index contributed by atoms with van der Waals surface area (Å²) in [6.07, 6.45) is 0.708. The third kappa shape index (κ3) is 9.49. The third-order valence-corrected chi connectivity index (χ3v) is 16.3. The Morgan fingerprint density at radius 3 is 2.29 bits per heavy atom. The zero-order valence-electron chi connectivity index (χ0n) is 36.7. The fourth-order valence-electron chi connectivity index (χ4n) is 9.66. The Bertz CT molecular complexity index is 2520. The van der Waals surface area contributed by atoms with Crippen molar-refractivity contribution in [3.8, 4) is 5.75 Å². The first-order valence-electron chi connectivity index (χ1n) is 22.6. The molecule has 5 heterocycles. The molecule has 4 saturated heterocycles. The van der Waals surface area contributed by atoms with E-state index in [1.165, 1.54) is 36.4 Å². The second-order valence-corrected chi connectivity index (χ2v) is 21.2. The summed E-state index contributed by atoms with van der Waals surface area (Å²) in [5.41, 5.74) is -4.51. The first kappa shape index (κ1) is 45.9. The summed E-state index contributed by atoms with van der Waals surface area (Å²) in [6, 6.07) is 19.2. The van der Waals surface area contributed by atoms with Gasteiger partial charge in [0, 0.05) is 48.9 Å². The van der Waals surface area contributed by atoms with Crippen LogP contribution in [0.4, 0.5) is 8.78 Å². The number of morpholine rings is 1. The second-order valence-electron chi connectivity index (χ2n) is 18.2. The number of carbonyl (C=O) groups excluding carboxylic acids is 5. The number of para-hydroxylation sites is 1. The molecule has 4 amide bonds. The van der Waals surface area contributed by atoms with Gasteiger partial charge in [-0.05, 0) is 99.1 Å². The molecule has 66 heavy (non-hydrogen) atoms. The maximum atomic E-state index is 17.0. The van der Waals surface area contributed by atoms with Crippen molar-refractivity contribution in [3.05, 3.63) is 101 Å². The van der Waals surface area contributed by atoms with E-state index in [0.29, 0.717) is 74.8 Å². The van der Waals surface area contributed by atoms with Gasteiger partial charge in [-0.25, -0.2) is 9.36 Å². The zero-order valence-corrected chi connectivity index (χ0v) is 38.4. The summed E-state index contributed by atoms with van der Waals surface area (Å²) in [7, 11) is -5.63. The zero-order chi connectivity index (χ0) is 46.3. The highest BCUT2D eigenvalue weighted by Gasteiger charge is 2.59. The number of benzene rings is 3. The lowest BCUT2D eigenvalue weighted by atomic mass is 9.96. The molecule has 3 aromatic carbocycles. The molecule has 9 rings (SSSR count). The number of esters is 1. The van der Waals surface area contributed by atoms with Gasteiger partial charge < -0.3 is 34.0 Å². The van der Waals surface area contributed by atoms with Gasteiger partial charge in [-0.1, -0.05) is 54.6 Å². The molecule has 1 aliphatic carbocycles. The number of alkyl halides is 2. The van der Waals surface area contributed by atoms with Crippen LogP contribution in [-0.4, -0.2) is 114 Å². The third-order valence-electron chi connectivity index (χ3n) is 13.2. The topological polar surface area (TPSA) is 161 Å². The Labute approximate surface area is 385 Å². The molecule has 1 N–H and O–H groups in total. The van der Waals surface area contributed by atoms with Gasteiger partial charge in [0.15, 0.2) is 6.10 Å². The Balaban J connectivity index is 0.928. The first-order chi connectivity index (χ1) is 31.7. The number of amides is 4. The number of fused-ring (bicyclic) bond motifs is 3. The lowest BCUT2D eigenvalue weighted by molar-refractivity contribution is -0.157. The van der Waals surface area contributed by atoms with E-state index >= 15 is 8.78 Å². The maximum Gasteiger partial charge on any atom is 0.454 e. The Hall–Kier alpha value is -5.22. The van der Waals surface area contributed by atoms with Crippen molar-refractivity contribution < 1.29 is 55.8 Å². The Morgan fingerprint density at radius 2 is 1.58 bits per heavy atom. The van der Waals surface area contributed by atoms with Crippen LogP contribution in [0, 0.1) is 17.8 Å². The van der Waals surface area contributed by atoms with Crippen LogP contribution >= 0.6 is 18.9 Å². The molecule has 7 atom stereocenters. The molecular formula is C48H53F2N4O10PS. The average Bonchev–Trinajstić information content (AvgIpc) is 3.63. The van der Waals surface area contributed by atoms with E-state index in [1.807, 2.05) is 0 Å². The number of carbonyl (C=O) groups is 5. The second kappa shape index (κ2) is 18.8. The minimum absolute atomic E-state index is 0.0159. The predicted octanol–water partition coefficient (Wildman–Crippen LogP) is 7.01. The number of halogens is 2. The van der Waals surface area contributed by atoms with E-state index in [-0.39, 0.29) is 58.0 Å². The van der Waals surface area contributed by atoms with Gasteiger partial charge in [-0.3, -0.25) is 23.7 Å². The summed E-state index contributed by atoms with van der Waals surface area (Å²) in [4.78, 5) is 74.2. The van der Waals surface area contributed by atoms with Crippen LogP contribution < -0.4 is 9.84 Å². The van der Waals surface area contributed by atoms with E-state index in [9.17, 15) is 28.5 Å². The average molecular weight is 947 g/mol. The van der Waals surface area contributed by atoms with Crippen LogP contribution in [-0.2, 0) is 49.8 Å². The van der Waals surface area contributed by atoms with E-state index in [4.69, 9.17) is 18.5 Å². The van der Waals surface area contributed by atoms with Crippen LogP contribution in [0.3, 0.4) is 0 Å². The van der Waals surface area contributed by atoms with Gasteiger partial charge in [-0.2, -0.15) is 8.78 Å². The molecule has 1 aromatic heterocycles. The lowest BCUT2D eigenvalue weighted by Crippen LogP contribution is -2.62. The number of nitrogens with zero attached hydrogens (tertiary/aromatic N) is 3. The lowest BCUT2D eigenvalue weighted by Gasteiger charge is -2.44. The van der Waals surface area contributed by atoms with E-state index in [0.717, 1.165) is 36.3 Å². The van der Waals surface area contributed by atoms with Crippen LogP contribution in [0.25, 0.3) is 10.1 Å². The maximum absolute atomic E-state index is 17.0. The molecule has 1 saturated carbocycles. The van der Waals surface area contributed by atoms with E-state index in [2.05, 4.69) is 5.32 Å². The summed E-state index contributed by atoms with van der Waals surface area (Å²) in [6.45, 7) is 5.84. The number of hydrogen-bond donors (Lipinski definition) is 1. The van der Waals surface area contributed by atoms with Crippen LogP contribution in [0.5, 0.6) is 5.75 Å². The number of thiophene rings is 1. The molecule has 0 radical (unpaired) electrons. The van der Waals surface area contributed by atoms with Gasteiger partial charge in [-0.15, -0.1) is 11.3 Å². The summed E-state index contributed by atoms with van der Waals surface area (Å²) in [5, 5.41) is 3.18. The molecule has 0 spiro atoms.